The van der Waals surface area contributed by atoms with Gasteiger partial charge in [-0.25, -0.2) is 9.98 Å². The molecule has 0 fully saturated rings. The maximum atomic E-state index is 4.73. The Morgan fingerprint density at radius 1 is 1.15 bits per heavy atom. The van der Waals surface area contributed by atoms with Crippen LogP contribution in [0, 0.1) is 13.8 Å². The molecular formula is C20H25N5S. The molecule has 0 radical (unpaired) electrons. The van der Waals surface area contributed by atoms with Gasteiger partial charge in [-0.3, -0.25) is 4.98 Å². The predicted octanol–water partition coefficient (Wildman–Crippen LogP) is 3.61. The predicted molar refractivity (Wildman–Crippen MR) is 110 cm³/mol. The number of aliphatic imine (C=N–C) groups is 1. The van der Waals surface area contributed by atoms with E-state index in [2.05, 4.69) is 65.6 Å². The second-order valence-electron chi connectivity index (χ2n) is 6.11. The molecule has 0 amide bonds. The molecule has 0 saturated heterocycles. The molecule has 1 aromatic carbocycles. The largest absolute Gasteiger partial charge is 0.357 e. The van der Waals surface area contributed by atoms with Crippen molar-refractivity contribution >= 4 is 28.2 Å². The van der Waals surface area contributed by atoms with Gasteiger partial charge in [0.05, 0.1) is 22.8 Å². The van der Waals surface area contributed by atoms with Crippen molar-refractivity contribution in [3.8, 4) is 0 Å². The summed E-state index contributed by atoms with van der Waals surface area (Å²) in [4.78, 5) is 15.1. The van der Waals surface area contributed by atoms with Crippen molar-refractivity contribution < 1.29 is 0 Å². The summed E-state index contributed by atoms with van der Waals surface area (Å²) < 4.78 is 0. The first kappa shape index (κ1) is 18.3. The van der Waals surface area contributed by atoms with Crippen LogP contribution in [-0.2, 0) is 13.0 Å². The van der Waals surface area contributed by atoms with Crippen LogP contribution in [0.15, 0.2) is 41.5 Å². The third kappa shape index (κ3) is 4.58. The summed E-state index contributed by atoms with van der Waals surface area (Å²) in [6.07, 6.45) is 2.73. The zero-order valence-corrected chi connectivity index (χ0v) is 16.4. The lowest BCUT2D eigenvalue weighted by Crippen LogP contribution is -2.38. The average Bonchev–Trinajstić information content (AvgIpc) is 2.97. The first-order valence-corrected chi connectivity index (χ1v) is 9.76. The Balaban J connectivity index is 1.64. The topological polar surface area (TPSA) is 62.2 Å². The number of benzene rings is 1. The Kier molecular flexibility index (Phi) is 6.17. The van der Waals surface area contributed by atoms with Crippen LogP contribution < -0.4 is 10.6 Å². The van der Waals surface area contributed by atoms with E-state index in [4.69, 9.17) is 4.99 Å². The van der Waals surface area contributed by atoms with E-state index >= 15 is 0 Å². The normalized spacial score (nSPS) is 11.7. The third-order valence-electron chi connectivity index (χ3n) is 4.17. The van der Waals surface area contributed by atoms with Gasteiger partial charge in [0.25, 0.3) is 0 Å². The number of aryl methyl sites for hydroxylation is 2. The second-order valence-corrected chi connectivity index (χ2v) is 7.40. The molecule has 0 bridgehead atoms. The van der Waals surface area contributed by atoms with Crippen LogP contribution in [0.3, 0.4) is 0 Å². The summed E-state index contributed by atoms with van der Waals surface area (Å²) in [5.74, 6) is 0.824. The number of fused-ring (bicyclic) bond motifs is 1. The molecule has 3 aromatic rings. The highest BCUT2D eigenvalue weighted by atomic mass is 32.1. The van der Waals surface area contributed by atoms with Crippen molar-refractivity contribution in [3.63, 3.8) is 0 Å². The summed E-state index contributed by atoms with van der Waals surface area (Å²) in [5.41, 5.74) is 3.28. The van der Waals surface area contributed by atoms with E-state index in [0.29, 0.717) is 6.54 Å². The van der Waals surface area contributed by atoms with Crippen LogP contribution in [0.25, 0.3) is 10.9 Å². The standard InChI is InChI=1S/C20H25N5S/c1-4-21-20(23-12-10-18-25-14(2)15(3)26-18)24-13-17-8-5-7-16-9-6-11-22-19(16)17/h5-9,11H,4,10,12-13H2,1-3H3,(H2,21,23,24). The van der Waals surface area contributed by atoms with Gasteiger partial charge in [0, 0.05) is 36.0 Å². The van der Waals surface area contributed by atoms with Gasteiger partial charge in [-0.15, -0.1) is 11.3 Å². The Bertz CT molecular complexity index is 875. The number of thiazole rings is 1. The molecule has 0 saturated carbocycles. The summed E-state index contributed by atoms with van der Waals surface area (Å²) in [6.45, 7) is 8.49. The van der Waals surface area contributed by atoms with E-state index in [-0.39, 0.29) is 0 Å². The van der Waals surface area contributed by atoms with Crippen LogP contribution in [-0.4, -0.2) is 29.0 Å². The molecule has 0 aliphatic rings. The minimum atomic E-state index is 0.596. The van der Waals surface area contributed by atoms with Gasteiger partial charge in [-0.2, -0.15) is 0 Å². The fraction of sp³-hybridized carbons (Fsp3) is 0.350. The molecular weight excluding hydrogens is 342 g/mol. The molecule has 3 rings (SSSR count). The lowest BCUT2D eigenvalue weighted by atomic mass is 10.1. The van der Waals surface area contributed by atoms with E-state index < -0.39 is 0 Å². The number of pyridine rings is 1. The molecule has 0 aliphatic carbocycles. The SMILES string of the molecule is CCNC(=NCc1cccc2cccnc12)NCCc1nc(C)c(C)s1. The number of hydrogen-bond acceptors (Lipinski definition) is 4. The lowest BCUT2D eigenvalue weighted by molar-refractivity contribution is 0.796. The average molecular weight is 368 g/mol. The highest BCUT2D eigenvalue weighted by molar-refractivity contribution is 7.11. The minimum Gasteiger partial charge on any atom is -0.357 e. The number of para-hydroxylation sites is 1. The van der Waals surface area contributed by atoms with Gasteiger partial charge in [-0.05, 0) is 32.4 Å². The summed E-state index contributed by atoms with van der Waals surface area (Å²) in [6, 6.07) is 10.3. The van der Waals surface area contributed by atoms with Crippen molar-refractivity contribution in [3.05, 3.63) is 57.7 Å². The number of guanidine groups is 1. The third-order valence-corrected chi connectivity index (χ3v) is 5.30. The molecule has 0 spiro atoms. The summed E-state index contributed by atoms with van der Waals surface area (Å²) in [7, 11) is 0. The zero-order valence-electron chi connectivity index (χ0n) is 15.5. The van der Waals surface area contributed by atoms with Crippen molar-refractivity contribution in [2.24, 2.45) is 4.99 Å². The second kappa shape index (κ2) is 8.76. The number of hydrogen-bond donors (Lipinski definition) is 2. The van der Waals surface area contributed by atoms with Crippen molar-refractivity contribution in [1.29, 1.82) is 0 Å². The van der Waals surface area contributed by atoms with Crippen molar-refractivity contribution in [1.82, 2.24) is 20.6 Å². The Hall–Kier alpha value is -2.47. The maximum absolute atomic E-state index is 4.73. The number of aromatic nitrogens is 2. The molecule has 0 atom stereocenters. The Labute approximate surface area is 158 Å². The van der Waals surface area contributed by atoms with Crippen LogP contribution in [0.1, 0.15) is 28.1 Å². The molecule has 26 heavy (non-hydrogen) atoms. The minimum absolute atomic E-state index is 0.596. The number of rotatable bonds is 6. The van der Waals surface area contributed by atoms with Crippen LogP contribution >= 0.6 is 11.3 Å². The maximum Gasteiger partial charge on any atom is 0.191 e. The molecule has 136 valence electrons. The number of nitrogens with zero attached hydrogens (tertiary/aromatic N) is 3. The van der Waals surface area contributed by atoms with Gasteiger partial charge < -0.3 is 10.6 Å². The molecule has 2 N–H and O–H groups in total. The quantitative estimate of drug-likeness (QED) is 0.516. The van der Waals surface area contributed by atoms with Crippen LogP contribution in [0.4, 0.5) is 0 Å². The van der Waals surface area contributed by atoms with E-state index in [1.165, 1.54) is 9.88 Å². The Morgan fingerprint density at radius 3 is 2.77 bits per heavy atom. The van der Waals surface area contributed by atoms with Gasteiger partial charge in [-0.1, -0.05) is 24.3 Å². The lowest BCUT2D eigenvalue weighted by Gasteiger charge is -2.11. The van der Waals surface area contributed by atoms with Crippen molar-refractivity contribution in [2.75, 3.05) is 13.1 Å². The molecule has 2 heterocycles. The van der Waals surface area contributed by atoms with E-state index in [0.717, 1.165) is 47.6 Å². The van der Waals surface area contributed by atoms with E-state index in [1.54, 1.807) is 11.3 Å². The van der Waals surface area contributed by atoms with E-state index in [1.807, 2.05) is 12.3 Å². The first-order chi connectivity index (χ1) is 12.7. The molecule has 2 aromatic heterocycles. The molecule has 6 heteroatoms. The van der Waals surface area contributed by atoms with Gasteiger partial charge in [0.15, 0.2) is 5.96 Å². The number of nitrogens with one attached hydrogen (secondary N) is 2. The first-order valence-electron chi connectivity index (χ1n) is 8.95. The van der Waals surface area contributed by atoms with Gasteiger partial charge in [0.2, 0.25) is 0 Å². The molecule has 0 aliphatic heterocycles. The highest BCUT2D eigenvalue weighted by Gasteiger charge is 2.05. The van der Waals surface area contributed by atoms with Gasteiger partial charge in [0.1, 0.15) is 0 Å². The summed E-state index contributed by atoms with van der Waals surface area (Å²) >= 11 is 1.77. The Morgan fingerprint density at radius 2 is 2.00 bits per heavy atom. The fourth-order valence-electron chi connectivity index (χ4n) is 2.73. The monoisotopic (exact) mass is 367 g/mol. The molecule has 5 nitrogen and oxygen atoms in total. The van der Waals surface area contributed by atoms with Gasteiger partial charge >= 0.3 is 0 Å². The highest BCUT2D eigenvalue weighted by Crippen LogP contribution is 2.17. The fourth-order valence-corrected chi connectivity index (χ4v) is 3.67. The zero-order chi connectivity index (χ0) is 18.4. The van der Waals surface area contributed by atoms with Crippen LogP contribution in [0.2, 0.25) is 0 Å². The van der Waals surface area contributed by atoms with Crippen molar-refractivity contribution in [2.45, 2.75) is 33.7 Å². The van der Waals surface area contributed by atoms with Crippen LogP contribution in [0.5, 0.6) is 0 Å². The summed E-state index contributed by atoms with van der Waals surface area (Å²) in [5, 5.41) is 9.02. The molecule has 0 unspecified atom stereocenters. The van der Waals surface area contributed by atoms with E-state index in [9.17, 15) is 0 Å². The smallest absolute Gasteiger partial charge is 0.191 e.